The summed E-state index contributed by atoms with van der Waals surface area (Å²) in [4.78, 5) is 12.8. The summed E-state index contributed by atoms with van der Waals surface area (Å²) in [7, 11) is 1.59. The van der Waals surface area contributed by atoms with Crippen LogP contribution in [0.25, 0.3) is 0 Å². The fourth-order valence-electron chi connectivity index (χ4n) is 3.96. The van der Waals surface area contributed by atoms with Gasteiger partial charge in [-0.25, -0.2) is 14.2 Å². The van der Waals surface area contributed by atoms with Crippen LogP contribution < -0.4 is 10.7 Å². The van der Waals surface area contributed by atoms with E-state index in [-0.39, 0.29) is 17.4 Å². The van der Waals surface area contributed by atoms with E-state index >= 15 is 0 Å². The highest BCUT2D eigenvalue weighted by molar-refractivity contribution is 5.90. The van der Waals surface area contributed by atoms with Crippen molar-refractivity contribution in [3.05, 3.63) is 47.7 Å². The fraction of sp³-hybridized carbons (Fsp3) is 0.500. The Hall–Kier alpha value is -1.95. The van der Waals surface area contributed by atoms with E-state index in [1.54, 1.807) is 7.05 Å². The van der Waals surface area contributed by atoms with Gasteiger partial charge in [0.05, 0.1) is 0 Å². The van der Waals surface area contributed by atoms with Gasteiger partial charge in [-0.15, -0.1) is 0 Å². The average molecular weight is 335 g/mol. The van der Waals surface area contributed by atoms with Crippen LogP contribution in [0.5, 0.6) is 0 Å². The third-order valence-corrected chi connectivity index (χ3v) is 5.35. The van der Waals surface area contributed by atoms with Gasteiger partial charge in [-0.1, -0.05) is 45.0 Å². The van der Waals surface area contributed by atoms with Gasteiger partial charge in [0.15, 0.2) is 5.54 Å². The van der Waals surface area contributed by atoms with Crippen LogP contribution in [0.2, 0.25) is 0 Å². The molecule has 1 aromatic rings. The zero-order valence-corrected chi connectivity index (χ0v) is 14.3. The molecule has 3 atom stereocenters. The van der Waals surface area contributed by atoms with E-state index in [1.807, 2.05) is 45.0 Å². The molecule has 24 heavy (non-hydrogen) atoms. The van der Waals surface area contributed by atoms with Gasteiger partial charge in [-0.3, -0.25) is 4.79 Å². The molecule has 0 fully saturated rings. The Morgan fingerprint density at radius 3 is 2.54 bits per heavy atom. The lowest BCUT2D eigenvalue weighted by molar-refractivity contribution is -0.134. The van der Waals surface area contributed by atoms with Crippen LogP contribution in [-0.2, 0) is 10.2 Å². The molecule has 3 rings (SSSR count). The summed E-state index contributed by atoms with van der Waals surface area (Å²) < 4.78 is 27.3. The van der Waals surface area contributed by atoms with Gasteiger partial charge >= 0.3 is 0 Å². The summed E-state index contributed by atoms with van der Waals surface area (Å²) in [6.07, 6.45) is -0.169. The molecule has 2 aliphatic rings. The zero-order valence-electron chi connectivity index (χ0n) is 14.3. The van der Waals surface area contributed by atoms with Crippen molar-refractivity contribution < 1.29 is 13.6 Å². The number of carbonyl (C=O) groups excluding carboxylic acids is 1. The molecule has 3 unspecified atom stereocenters. The van der Waals surface area contributed by atoms with E-state index in [0.717, 1.165) is 11.1 Å². The number of alkyl halides is 2. The standard InChI is InChI=1S/C18H23F2N3O/c1-11-12-7-5-6-8-13(12)17(2,3)14(11)21-16(24)18(15(19)20)9-10-23(4)22-18/h5-11,14-15,22H,1-4H3,(H,21,24). The first kappa shape index (κ1) is 16.9. The summed E-state index contributed by atoms with van der Waals surface area (Å²) in [6.45, 7) is 6.11. The predicted molar refractivity (Wildman–Crippen MR) is 88.6 cm³/mol. The Bertz CT molecular complexity index is 689. The first-order chi connectivity index (χ1) is 11.2. The third kappa shape index (κ3) is 2.32. The molecule has 1 amide bonds. The van der Waals surface area contributed by atoms with E-state index in [9.17, 15) is 13.6 Å². The number of nitrogens with one attached hydrogen (secondary N) is 2. The number of hydrogen-bond donors (Lipinski definition) is 2. The Morgan fingerprint density at radius 2 is 2.00 bits per heavy atom. The first-order valence-electron chi connectivity index (χ1n) is 8.08. The molecule has 0 spiro atoms. The maximum Gasteiger partial charge on any atom is 0.270 e. The summed E-state index contributed by atoms with van der Waals surface area (Å²) in [5, 5.41) is 4.27. The summed E-state index contributed by atoms with van der Waals surface area (Å²) >= 11 is 0. The lowest BCUT2D eigenvalue weighted by Gasteiger charge is -2.35. The van der Waals surface area contributed by atoms with E-state index in [4.69, 9.17) is 0 Å². The minimum Gasteiger partial charge on any atom is -0.350 e. The smallest absolute Gasteiger partial charge is 0.270 e. The van der Waals surface area contributed by atoms with Gasteiger partial charge < -0.3 is 10.3 Å². The van der Waals surface area contributed by atoms with Crippen molar-refractivity contribution in [2.75, 3.05) is 7.05 Å². The molecule has 0 saturated carbocycles. The number of hydrazine groups is 1. The van der Waals surface area contributed by atoms with Gasteiger partial charge in [-0.05, 0) is 17.2 Å². The maximum atomic E-state index is 13.6. The van der Waals surface area contributed by atoms with E-state index in [2.05, 4.69) is 10.7 Å². The number of halogens is 2. The van der Waals surface area contributed by atoms with Gasteiger partial charge in [0.2, 0.25) is 0 Å². The summed E-state index contributed by atoms with van der Waals surface area (Å²) in [5.74, 6) is -0.645. The fourth-order valence-corrected chi connectivity index (χ4v) is 3.96. The van der Waals surface area contributed by atoms with E-state index < -0.39 is 17.9 Å². The number of fused-ring (bicyclic) bond motifs is 1. The van der Waals surface area contributed by atoms with Crippen LogP contribution in [0.4, 0.5) is 8.78 Å². The highest BCUT2D eigenvalue weighted by Crippen LogP contribution is 2.45. The Morgan fingerprint density at radius 1 is 1.33 bits per heavy atom. The van der Waals surface area contributed by atoms with Gasteiger partial charge in [0.25, 0.3) is 12.3 Å². The third-order valence-electron chi connectivity index (χ3n) is 5.35. The van der Waals surface area contributed by atoms with Crippen molar-refractivity contribution in [3.8, 4) is 0 Å². The molecule has 130 valence electrons. The highest BCUT2D eigenvalue weighted by Gasteiger charge is 2.52. The largest absolute Gasteiger partial charge is 0.350 e. The number of carbonyl (C=O) groups is 1. The summed E-state index contributed by atoms with van der Waals surface area (Å²) in [5.41, 5.74) is 2.53. The zero-order chi connectivity index (χ0) is 17.7. The second kappa shape index (κ2) is 5.55. The van der Waals surface area contributed by atoms with Crippen molar-refractivity contribution in [3.63, 3.8) is 0 Å². The summed E-state index contributed by atoms with van der Waals surface area (Å²) in [6, 6.07) is 7.76. The van der Waals surface area contributed by atoms with Crippen molar-refractivity contribution in [1.82, 2.24) is 15.8 Å². The molecular formula is C18H23F2N3O. The normalized spacial score (nSPS) is 30.7. The molecule has 0 bridgehead atoms. The molecule has 1 aromatic carbocycles. The highest BCUT2D eigenvalue weighted by atomic mass is 19.3. The Balaban J connectivity index is 1.89. The molecule has 0 aromatic heterocycles. The number of benzene rings is 1. The number of rotatable bonds is 3. The first-order valence-corrected chi connectivity index (χ1v) is 8.08. The van der Waals surface area contributed by atoms with E-state index in [0.29, 0.717) is 0 Å². The van der Waals surface area contributed by atoms with Crippen LogP contribution in [0, 0.1) is 0 Å². The topological polar surface area (TPSA) is 44.4 Å². The number of nitrogens with zero attached hydrogens (tertiary/aromatic N) is 1. The SMILES string of the molecule is CC1c2ccccc2C(C)(C)C1NC(=O)C1(C(F)F)C=CN(C)N1. The molecule has 1 heterocycles. The number of amides is 1. The lowest BCUT2D eigenvalue weighted by atomic mass is 9.81. The van der Waals surface area contributed by atoms with Crippen molar-refractivity contribution >= 4 is 5.91 Å². The quantitative estimate of drug-likeness (QED) is 0.892. The van der Waals surface area contributed by atoms with Crippen LogP contribution in [0.1, 0.15) is 37.8 Å². The molecule has 1 aliphatic heterocycles. The van der Waals surface area contributed by atoms with Gasteiger partial charge in [-0.2, -0.15) is 0 Å². The molecular weight excluding hydrogens is 312 g/mol. The molecule has 4 nitrogen and oxygen atoms in total. The number of hydrogen-bond acceptors (Lipinski definition) is 3. The van der Waals surface area contributed by atoms with Crippen molar-refractivity contribution in [2.24, 2.45) is 0 Å². The molecule has 1 aliphatic carbocycles. The molecule has 0 saturated heterocycles. The second-order valence-corrected chi connectivity index (χ2v) is 7.26. The van der Waals surface area contributed by atoms with Crippen molar-refractivity contribution in [2.45, 2.75) is 50.1 Å². The Labute approximate surface area is 140 Å². The van der Waals surface area contributed by atoms with Crippen molar-refractivity contribution in [1.29, 1.82) is 0 Å². The monoisotopic (exact) mass is 335 g/mol. The van der Waals surface area contributed by atoms with Gasteiger partial charge in [0, 0.05) is 30.6 Å². The predicted octanol–water partition coefficient (Wildman–Crippen LogP) is 2.53. The van der Waals surface area contributed by atoms with Crippen LogP contribution in [0.15, 0.2) is 36.5 Å². The average Bonchev–Trinajstić information content (AvgIpc) is 3.02. The van der Waals surface area contributed by atoms with Crippen LogP contribution >= 0.6 is 0 Å². The lowest BCUT2D eigenvalue weighted by Crippen LogP contribution is -2.63. The Kier molecular flexibility index (Phi) is 3.91. The second-order valence-electron chi connectivity index (χ2n) is 7.26. The molecule has 2 N–H and O–H groups in total. The maximum absolute atomic E-state index is 13.6. The molecule has 0 radical (unpaired) electrons. The van der Waals surface area contributed by atoms with Gasteiger partial charge in [0.1, 0.15) is 0 Å². The minimum atomic E-state index is -2.85. The van der Waals surface area contributed by atoms with E-state index in [1.165, 1.54) is 17.3 Å². The van der Waals surface area contributed by atoms with Crippen LogP contribution in [-0.4, -0.2) is 36.0 Å². The van der Waals surface area contributed by atoms with Crippen LogP contribution in [0.3, 0.4) is 0 Å². The molecule has 6 heteroatoms. The minimum absolute atomic E-state index is 0.0537.